The summed E-state index contributed by atoms with van der Waals surface area (Å²) < 4.78 is 2.36. The SMILES string of the molecule is N/C(=C\C(=C/Cc1ccccc1)n1c2ccccc2c2cc(-c3ccc4c(c3)[nH]c3ccccc34)ccc21)c1ccccc1. The number of rotatable bonds is 6. The largest absolute Gasteiger partial charge is 0.398 e. The molecule has 0 atom stereocenters. The molecule has 210 valence electrons. The van der Waals surface area contributed by atoms with Crippen molar-refractivity contribution < 1.29 is 0 Å². The van der Waals surface area contributed by atoms with Crippen molar-refractivity contribution in [1.82, 2.24) is 9.55 Å². The standard InChI is InChI=1S/C41H31N3/c42-37(29-13-5-2-6-14-29)27-32(22-19-28-11-3-1-4-12-28)44-40-18-10-8-16-35(40)36-25-30(21-24-41(36)44)31-20-23-34-33-15-7-9-17-38(33)43-39(34)26-31/h1-18,20-27,43H,19,42H2/b32-22+,37-27-. The summed E-state index contributed by atoms with van der Waals surface area (Å²) >= 11 is 0. The van der Waals surface area contributed by atoms with Crippen molar-refractivity contribution in [1.29, 1.82) is 0 Å². The average Bonchev–Trinajstić information content (AvgIpc) is 3.62. The average molecular weight is 566 g/mol. The summed E-state index contributed by atoms with van der Waals surface area (Å²) in [6.07, 6.45) is 5.20. The van der Waals surface area contributed by atoms with Gasteiger partial charge in [0.05, 0.1) is 11.0 Å². The Morgan fingerprint density at radius 1 is 0.568 bits per heavy atom. The zero-order valence-electron chi connectivity index (χ0n) is 24.2. The smallest absolute Gasteiger partial charge is 0.0541 e. The Balaban J connectivity index is 1.30. The lowest BCUT2D eigenvalue weighted by Gasteiger charge is -2.12. The van der Waals surface area contributed by atoms with E-state index in [-0.39, 0.29) is 0 Å². The van der Waals surface area contributed by atoms with Crippen molar-refractivity contribution in [3.05, 3.63) is 169 Å². The summed E-state index contributed by atoms with van der Waals surface area (Å²) in [5.74, 6) is 0. The Morgan fingerprint density at radius 3 is 2.05 bits per heavy atom. The fourth-order valence-corrected chi connectivity index (χ4v) is 6.39. The Labute approximate surface area is 256 Å². The molecule has 0 saturated carbocycles. The van der Waals surface area contributed by atoms with Crippen LogP contribution in [-0.2, 0) is 6.42 Å². The molecule has 6 aromatic carbocycles. The van der Waals surface area contributed by atoms with Crippen LogP contribution in [-0.4, -0.2) is 9.55 Å². The highest BCUT2D eigenvalue weighted by atomic mass is 15.0. The van der Waals surface area contributed by atoms with E-state index >= 15 is 0 Å². The van der Waals surface area contributed by atoms with Crippen LogP contribution in [0.5, 0.6) is 0 Å². The normalized spacial score (nSPS) is 12.5. The highest BCUT2D eigenvalue weighted by Gasteiger charge is 2.15. The lowest BCUT2D eigenvalue weighted by Crippen LogP contribution is -2.01. The van der Waals surface area contributed by atoms with Gasteiger partial charge in [-0.25, -0.2) is 0 Å². The lowest BCUT2D eigenvalue weighted by molar-refractivity contribution is 1.19. The molecule has 0 saturated heterocycles. The third kappa shape index (κ3) is 4.56. The van der Waals surface area contributed by atoms with Gasteiger partial charge in [0.15, 0.2) is 0 Å². The number of allylic oxidation sites excluding steroid dienone is 3. The van der Waals surface area contributed by atoms with Crippen LogP contribution in [0, 0.1) is 0 Å². The van der Waals surface area contributed by atoms with Crippen LogP contribution in [0.25, 0.3) is 66.1 Å². The van der Waals surface area contributed by atoms with Crippen LogP contribution in [0.3, 0.4) is 0 Å². The number of H-pyrrole nitrogens is 1. The van der Waals surface area contributed by atoms with Gasteiger partial charge in [-0.05, 0) is 65.1 Å². The molecule has 3 nitrogen and oxygen atoms in total. The molecular formula is C41H31N3. The predicted octanol–water partition coefficient (Wildman–Crippen LogP) is 10.2. The molecule has 0 amide bonds. The quantitative estimate of drug-likeness (QED) is 0.194. The summed E-state index contributed by atoms with van der Waals surface area (Å²) in [6.45, 7) is 0. The Morgan fingerprint density at radius 2 is 1.20 bits per heavy atom. The van der Waals surface area contributed by atoms with Crippen LogP contribution >= 0.6 is 0 Å². The van der Waals surface area contributed by atoms with E-state index in [0.717, 1.165) is 45.4 Å². The summed E-state index contributed by atoms with van der Waals surface area (Å²) in [5, 5.41) is 4.93. The molecule has 44 heavy (non-hydrogen) atoms. The number of hydrogen-bond acceptors (Lipinski definition) is 1. The molecule has 0 aliphatic heterocycles. The third-order valence-electron chi connectivity index (χ3n) is 8.57. The number of aromatic nitrogens is 2. The summed E-state index contributed by atoms with van der Waals surface area (Å²) in [6, 6.07) is 51.5. The molecule has 0 aliphatic carbocycles. The van der Waals surface area contributed by atoms with E-state index in [1.807, 2.05) is 18.2 Å². The number of hydrogen-bond donors (Lipinski definition) is 2. The highest BCUT2D eigenvalue weighted by Crippen LogP contribution is 2.37. The molecule has 2 aromatic heterocycles. The molecule has 2 heterocycles. The van der Waals surface area contributed by atoms with E-state index in [9.17, 15) is 0 Å². The molecule has 3 heteroatoms. The molecule has 0 radical (unpaired) electrons. The van der Waals surface area contributed by atoms with E-state index in [0.29, 0.717) is 0 Å². The van der Waals surface area contributed by atoms with E-state index in [4.69, 9.17) is 5.73 Å². The molecule has 8 aromatic rings. The van der Waals surface area contributed by atoms with Crippen LogP contribution in [0.4, 0.5) is 0 Å². The molecule has 8 rings (SSSR count). The molecule has 0 bridgehead atoms. The van der Waals surface area contributed by atoms with Crippen molar-refractivity contribution in [3.63, 3.8) is 0 Å². The monoisotopic (exact) mass is 565 g/mol. The molecule has 3 N–H and O–H groups in total. The maximum Gasteiger partial charge on any atom is 0.0541 e. The fourth-order valence-electron chi connectivity index (χ4n) is 6.39. The lowest BCUT2D eigenvalue weighted by atomic mass is 10.0. The summed E-state index contributed by atoms with van der Waals surface area (Å²) in [5.41, 5.74) is 17.8. The number of nitrogens with zero attached hydrogens (tertiary/aromatic N) is 1. The van der Waals surface area contributed by atoms with Crippen LogP contribution in [0.15, 0.2) is 158 Å². The Kier molecular flexibility index (Phi) is 6.35. The van der Waals surface area contributed by atoms with Gasteiger partial charge in [-0.3, -0.25) is 0 Å². The highest BCUT2D eigenvalue weighted by molar-refractivity contribution is 6.12. The first-order valence-corrected chi connectivity index (χ1v) is 15.0. The first-order valence-electron chi connectivity index (χ1n) is 15.0. The minimum atomic E-state index is 0.735. The number of para-hydroxylation sites is 2. The van der Waals surface area contributed by atoms with Gasteiger partial charge in [0.1, 0.15) is 0 Å². The van der Waals surface area contributed by atoms with Gasteiger partial charge in [-0.1, -0.05) is 121 Å². The van der Waals surface area contributed by atoms with E-state index in [2.05, 4.69) is 149 Å². The first kappa shape index (κ1) is 25.9. The van der Waals surface area contributed by atoms with Crippen molar-refractivity contribution in [2.75, 3.05) is 0 Å². The Bertz CT molecular complexity index is 2350. The van der Waals surface area contributed by atoms with Crippen LogP contribution < -0.4 is 5.73 Å². The van der Waals surface area contributed by atoms with Crippen molar-refractivity contribution >= 4 is 55.0 Å². The number of benzene rings is 6. The number of nitrogens with one attached hydrogen (secondary N) is 1. The van der Waals surface area contributed by atoms with Gasteiger partial charge in [-0.15, -0.1) is 0 Å². The van der Waals surface area contributed by atoms with Gasteiger partial charge >= 0.3 is 0 Å². The number of fused-ring (bicyclic) bond motifs is 6. The van der Waals surface area contributed by atoms with Gasteiger partial charge in [0.25, 0.3) is 0 Å². The molecule has 0 unspecified atom stereocenters. The third-order valence-corrected chi connectivity index (χ3v) is 8.57. The maximum absolute atomic E-state index is 6.74. The van der Waals surface area contributed by atoms with Gasteiger partial charge in [0, 0.05) is 44.0 Å². The van der Waals surface area contributed by atoms with E-state index in [1.54, 1.807) is 0 Å². The van der Waals surface area contributed by atoms with Crippen LogP contribution in [0.2, 0.25) is 0 Å². The minimum Gasteiger partial charge on any atom is -0.398 e. The van der Waals surface area contributed by atoms with E-state index < -0.39 is 0 Å². The summed E-state index contributed by atoms with van der Waals surface area (Å²) in [4.78, 5) is 3.60. The molecular weight excluding hydrogens is 534 g/mol. The summed E-state index contributed by atoms with van der Waals surface area (Å²) in [7, 11) is 0. The van der Waals surface area contributed by atoms with Crippen LogP contribution in [0.1, 0.15) is 11.1 Å². The predicted molar refractivity (Wildman–Crippen MR) is 187 cm³/mol. The fraction of sp³-hybridized carbons (Fsp3) is 0.0244. The molecule has 0 aliphatic rings. The second kappa shape index (κ2) is 10.8. The molecule has 0 spiro atoms. The first-order chi connectivity index (χ1) is 21.7. The van der Waals surface area contributed by atoms with Gasteiger partial charge < -0.3 is 15.3 Å². The van der Waals surface area contributed by atoms with E-state index in [1.165, 1.54) is 38.2 Å². The second-order valence-corrected chi connectivity index (χ2v) is 11.3. The zero-order chi connectivity index (χ0) is 29.5. The maximum atomic E-state index is 6.74. The topological polar surface area (TPSA) is 46.7 Å². The molecule has 0 fully saturated rings. The number of aromatic amines is 1. The second-order valence-electron chi connectivity index (χ2n) is 11.3. The Hall–Kier alpha value is -5.80. The van der Waals surface area contributed by atoms with Crippen molar-refractivity contribution in [3.8, 4) is 11.1 Å². The van der Waals surface area contributed by atoms with Gasteiger partial charge in [-0.2, -0.15) is 0 Å². The van der Waals surface area contributed by atoms with Crippen molar-refractivity contribution in [2.45, 2.75) is 6.42 Å². The minimum absolute atomic E-state index is 0.735. The zero-order valence-corrected chi connectivity index (χ0v) is 24.2. The number of nitrogens with two attached hydrogens (primary N) is 1. The van der Waals surface area contributed by atoms with Crippen molar-refractivity contribution in [2.24, 2.45) is 5.73 Å². The van der Waals surface area contributed by atoms with Gasteiger partial charge in [0.2, 0.25) is 0 Å².